The Balaban J connectivity index is 1.59. The van der Waals surface area contributed by atoms with Crippen molar-refractivity contribution < 1.29 is 4.79 Å². The van der Waals surface area contributed by atoms with E-state index in [0.717, 1.165) is 50.9 Å². The van der Waals surface area contributed by atoms with Gasteiger partial charge in [-0.3, -0.25) is 14.7 Å². The summed E-state index contributed by atoms with van der Waals surface area (Å²) in [5.41, 5.74) is 2.09. The highest BCUT2D eigenvalue weighted by molar-refractivity contribution is 5.87. The summed E-state index contributed by atoms with van der Waals surface area (Å²) in [5.74, 6) is 0.160. The maximum absolute atomic E-state index is 12.6. The molecule has 1 aromatic carbocycles. The minimum Gasteiger partial charge on any atom is -0.358 e. The molecule has 1 atom stereocenters. The Bertz CT molecular complexity index is 674. The summed E-state index contributed by atoms with van der Waals surface area (Å²) in [6.07, 6.45) is 6.55. The molecule has 1 saturated heterocycles. The van der Waals surface area contributed by atoms with Crippen LogP contribution in [-0.2, 0) is 17.6 Å². The van der Waals surface area contributed by atoms with Crippen molar-refractivity contribution >= 4 is 5.91 Å². The number of nitrogens with one attached hydrogen (secondary N) is 1. The molecule has 0 aliphatic carbocycles. The summed E-state index contributed by atoms with van der Waals surface area (Å²) >= 11 is 0. The van der Waals surface area contributed by atoms with E-state index >= 15 is 0 Å². The lowest BCUT2D eigenvalue weighted by molar-refractivity contribution is -0.143. The summed E-state index contributed by atoms with van der Waals surface area (Å²) < 4.78 is 0. The van der Waals surface area contributed by atoms with E-state index in [-0.39, 0.29) is 11.4 Å². The minimum absolute atomic E-state index is 0.160. The SMILES string of the molecule is CNC(=O)[C@]1(CCCc2ccccn2)CCN1CCc1ccccc1. The molecule has 132 valence electrons. The molecule has 0 bridgehead atoms. The zero-order chi connectivity index (χ0) is 17.5. The Morgan fingerprint density at radius 3 is 2.60 bits per heavy atom. The Morgan fingerprint density at radius 1 is 1.16 bits per heavy atom. The van der Waals surface area contributed by atoms with Gasteiger partial charge in [-0.05, 0) is 49.8 Å². The van der Waals surface area contributed by atoms with Gasteiger partial charge in [0.05, 0.1) is 0 Å². The van der Waals surface area contributed by atoms with Crippen molar-refractivity contribution in [3.63, 3.8) is 0 Å². The van der Waals surface area contributed by atoms with Gasteiger partial charge in [0.2, 0.25) is 5.91 Å². The quantitative estimate of drug-likeness (QED) is 0.806. The van der Waals surface area contributed by atoms with Crippen LogP contribution in [0.5, 0.6) is 0 Å². The smallest absolute Gasteiger partial charge is 0.240 e. The average molecular weight is 337 g/mol. The molecule has 4 nitrogen and oxygen atoms in total. The molecule has 0 unspecified atom stereocenters. The number of hydrogen-bond acceptors (Lipinski definition) is 3. The van der Waals surface area contributed by atoms with E-state index in [1.165, 1.54) is 5.56 Å². The van der Waals surface area contributed by atoms with Crippen molar-refractivity contribution in [1.29, 1.82) is 0 Å². The van der Waals surface area contributed by atoms with Gasteiger partial charge < -0.3 is 5.32 Å². The summed E-state index contributed by atoms with van der Waals surface area (Å²) in [6.45, 7) is 1.94. The molecule has 1 amide bonds. The zero-order valence-electron chi connectivity index (χ0n) is 14.9. The van der Waals surface area contributed by atoms with Crippen molar-refractivity contribution in [2.45, 2.75) is 37.6 Å². The molecule has 1 aliphatic heterocycles. The third-order valence-corrected chi connectivity index (χ3v) is 5.31. The van der Waals surface area contributed by atoms with Gasteiger partial charge in [0, 0.05) is 32.0 Å². The number of benzene rings is 1. The molecule has 0 spiro atoms. The van der Waals surface area contributed by atoms with E-state index in [4.69, 9.17) is 0 Å². The number of pyridine rings is 1. The summed E-state index contributed by atoms with van der Waals surface area (Å²) in [6, 6.07) is 16.5. The van der Waals surface area contributed by atoms with E-state index in [1.807, 2.05) is 24.4 Å². The van der Waals surface area contributed by atoms with Crippen molar-refractivity contribution in [2.75, 3.05) is 20.1 Å². The normalized spacial score (nSPS) is 20.0. The first kappa shape index (κ1) is 17.6. The molecule has 3 rings (SSSR count). The van der Waals surface area contributed by atoms with Crippen molar-refractivity contribution in [2.24, 2.45) is 0 Å². The van der Waals surface area contributed by atoms with Gasteiger partial charge in [-0.2, -0.15) is 0 Å². The summed E-state index contributed by atoms with van der Waals surface area (Å²) in [5, 5.41) is 2.89. The zero-order valence-corrected chi connectivity index (χ0v) is 14.9. The molecule has 1 fully saturated rings. The lowest BCUT2D eigenvalue weighted by Crippen LogP contribution is -2.67. The molecule has 0 saturated carbocycles. The predicted molar refractivity (Wildman–Crippen MR) is 100 cm³/mol. The van der Waals surface area contributed by atoms with Gasteiger partial charge in [0.1, 0.15) is 5.54 Å². The van der Waals surface area contributed by atoms with E-state index < -0.39 is 0 Å². The van der Waals surface area contributed by atoms with Crippen LogP contribution in [0.25, 0.3) is 0 Å². The number of carbonyl (C=O) groups excluding carboxylic acids is 1. The first-order valence-electron chi connectivity index (χ1n) is 9.16. The van der Waals surface area contributed by atoms with Crippen LogP contribution >= 0.6 is 0 Å². The van der Waals surface area contributed by atoms with Gasteiger partial charge in [0.15, 0.2) is 0 Å². The van der Waals surface area contributed by atoms with Crippen molar-refractivity contribution in [3.8, 4) is 0 Å². The molecule has 1 N–H and O–H groups in total. The largest absolute Gasteiger partial charge is 0.358 e. The first-order chi connectivity index (χ1) is 12.2. The van der Waals surface area contributed by atoms with Gasteiger partial charge in [-0.1, -0.05) is 36.4 Å². The number of hydrogen-bond donors (Lipinski definition) is 1. The van der Waals surface area contributed by atoms with Crippen LogP contribution in [0.4, 0.5) is 0 Å². The van der Waals surface area contributed by atoms with Gasteiger partial charge >= 0.3 is 0 Å². The number of likely N-dealkylation sites (N-methyl/N-ethyl adjacent to an activating group) is 1. The van der Waals surface area contributed by atoms with Crippen LogP contribution in [-0.4, -0.2) is 41.5 Å². The topological polar surface area (TPSA) is 45.2 Å². The standard InChI is InChI=1S/C21H27N3O/c1-22-20(25)21(13-7-11-19-10-5-6-15-23-19)14-17-24(21)16-12-18-8-3-2-4-9-18/h2-6,8-10,15H,7,11-14,16-17H2,1H3,(H,22,25)/t21-/m0/s1. The molecule has 1 aromatic heterocycles. The van der Waals surface area contributed by atoms with Gasteiger partial charge in [-0.25, -0.2) is 0 Å². The second kappa shape index (κ2) is 8.26. The van der Waals surface area contributed by atoms with Crippen LogP contribution in [0.3, 0.4) is 0 Å². The second-order valence-corrected chi connectivity index (χ2v) is 6.76. The molecule has 4 heteroatoms. The monoisotopic (exact) mass is 337 g/mol. The lowest BCUT2D eigenvalue weighted by atomic mass is 9.78. The highest BCUT2D eigenvalue weighted by Crippen LogP contribution is 2.36. The number of amides is 1. The number of likely N-dealkylation sites (tertiary alicyclic amines) is 1. The highest BCUT2D eigenvalue weighted by atomic mass is 16.2. The predicted octanol–water partition coefficient (Wildman–Crippen LogP) is 2.84. The fourth-order valence-corrected chi connectivity index (χ4v) is 3.77. The van der Waals surface area contributed by atoms with Crippen molar-refractivity contribution in [3.05, 3.63) is 66.0 Å². The molecule has 2 aromatic rings. The third kappa shape index (κ3) is 4.07. The molecule has 1 aliphatic rings. The van der Waals surface area contributed by atoms with Crippen LogP contribution < -0.4 is 5.32 Å². The molecular weight excluding hydrogens is 310 g/mol. The van der Waals surface area contributed by atoms with E-state index in [9.17, 15) is 4.79 Å². The number of nitrogens with zero attached hydrogens (tertiary/aromatic N) is 2. The fourth-order valence-electron chi connectivity index (χ4n) is 3.77. The van der Waals surface area contributed by atoms with Crippen LogP contribution in [0, 0.1) is 0 Å². The number of aromatic nitrogens is 1. The van der Waals surface area contributed by atoms with E-state index in [1.54, 1.807) is 7.05 Å². The Kier molecular flexibility index (Phi) is 5.82. The molecule has 0 radical (unpaired) electrons. The fraction of sp³-hybridized carbons (Fsp3) is 0.429. The van der Waals surface area contributed by atoms with Crippen LogP contribution in [0.15, 0.2) is 54.7 Å². The third-order valence-electron chi connectivity index (χ3n) is 5.31. The van der Waals surface area contributed by atoms with Gasteiger partial charge in [0.25, 0.3) is 0 Å². The summed E-state index contributed by atoms with van der Waals surface area (Å²) in [4.78, 5) is 19.4. The number of carbonyl (C=O) groups is 1. The summed E-state index contributed by atoms with van der Waals surface area (Å²) in [7, 11) is 1.75. The van der Waals surface area contributed by atoms with Gasteiger partial charge in [-0.15, -0.1) is 0 Å². The van der Waals surface area contributed by atoms with E-state index in [2.05, 4.69) is 45.5 Å². The van der Waals surface area contributed by atoms with E-state index in [0.29, 0.717) is 0 Å². The maximum Gasteiger partial charge on any atom is 0.240 e. The van der Waals surface area contributed by atoms with Crippen LogP contribution in [0.2, 0.25) is 0 Å². The minimum atomic E-state index is -0.335. The Morgan fingerprint density at radius 2 is 1.96 bits per heavy atom. The van der Waals surface area contributed by atoms with Crippen LogP contribution in [0.1, 0.15) is 30.5 Å². The number of aryl methyl sites for hydroxylation is 1. The Labute approximate surface area is 150 Å². The molecule has 2 heterocycles. The second-order valence-electron chi connectivity index (χ2n) is 6.76. The maximum atomic E-state index is 12.6. The van der Waals surface area contributed by atoms with Crippen molar-refractivity contribution in [1.82, 2.24) is 15.2 Å². The lowest BCUT2D eigenvalue weighted by Gasteiger charge is -2.51. The first-order valence-corrected chi connectivity index (χ1v) is 9.16. The molecule has 25 heavy (non-hydrogen) atoms. The number of rotatable bonds is 8. The Hall–Kier alpha value is -2.20. The highest BCUT2D eigenvalue weighted by Gasteiger charge is 2.49. The molecular formula is C21H27N3O. The average Bonchev–Trinajstić information content (AvgIpc) is 2.65.